The zero-order chi connectivity index (χ0) is 41.9. The first-order valence-electron chi connectivity index (χ1n) is 18.3. The molecule has 4 heterocycles. The monoisotopic (exact) mass is 936 g/mol. The summed E-state index contributed by atoms with van der Waals surface area (Å²) in [5.41, 5.74) is 5.19. The Kier molecular flexibility index (Phi) is 19.5. The van der Waals surface area contributed by atoms with Crippen LogP contribution in [0.15, 0.2) is 97.6 Å². The summed E-state index contributed by atoms with van der Waals surface area (Å²) < 4.78 is 0. The Morgan fingerprint density at radius 3 is 1.33 bits per heavy atom. The Morgan fingerprint density at radius 2 is 1.00 bits per heavy atom. The number of aromatic nitrogens is 4. The molecular weight excluding hydrogens is 893 g/mol. The smallest absolute Gasteiger partial charge is 0.268 e. The van der Waals surface area contributed by atoms with E-state index in [1.165, 1.54) is 0 Å². The number of hydrogen-bond acceptors (Lipinski definition) is 8. The molecule has 0 bridgehead atoms. The van der Waals surface area contributed by atoms with E-state index in [-0.39, 0.29) is 61.9 Å². The second-order valence-electron chi connectivity index (χ2n) is 13.8. The lowest BCUT2D eigenvalue weighted by atomic mass is 10.1. The number of anilines is 2. The summed E-state index contributed by atoms with van der Waals surface area (Å²) in [6.07, 6.45) is 6.58. The third-order valence-corrected chi connectivity index (χ3v) is 9.61. The molecule has 0 radical (unpaired) electrons. The number of aromatic amines is 2. The first-order valence-corrected chi connectivity index (χ1v) is 19.8. The molecule has 6 aromatic rings. The summed E-state index contributed by atoms with van der Waals surface area (Å²) in [5.74, 6) is 0.711. The minimum atomic E-state index is -0.570. The molecule has 320 valence electrons. The van der Waals surface area contributed by atoms with E-state index in [1.807, 2.05) is 39.8 Å². The van der Waals surface area contributed by atoms with Crippen LogP contribution in [0.4, 0.5) is 11.6 Å². The van der Waals surface area contributed by atoms with Gasteiger partial charge in [0.15, 0.2) is 0 Å². The molecule has 2 amide bonds. The molecule has 2 aromatic carbocycles. The van der Waals surface area contributed by atoms with Crippen molar-refractivity contribution in [2.75, 3.05) is 23.8 Å². The third kappa shape index (κ3) is 13.8. The number of nitrogens with zero attached hydrogens (tertiary/aromatic N) is 2. The van der Waals surface area contributed by atoms with E-state index in [4.69, 9.17) is 46.4 Å². The van der Waals surface area contributed by atoms with Crippen LogP contribution in [0.1, 0.15) is 71.9 Å². The van der Waals surface area contributed by atoms with Crippen molar-refractivity contribution >= 4 is 94.7 Å². The van der Waals surface area contributed by atoms with Gasteiger partial charge in [0.2, 0.25) is 0 Å². The zero-order valence-corrected chi connectivity index (χ0v) is 37.6. The molecule has 0 saturated carbocycles. The van der Waals surface area contributed by atoms with Gasteiger partial charge in [-0.05, 0) is 87.4 Å². The third-order valence-electron chi connectivity index (χ3n) is 8.54. The maximum absolute atomic E-state index is 12.7. The summed E-state index contributed by atoms with van der Waals surface area (Å²) in [4.78, 5) is 39.8. The van der Waals surface area contributed by atoms with Gasteiger partial charge in [-0.1, -0.05) is 70.7 Å². The quantitative estimate of drug-likeness (QED) is 0.0532. The van der Waals surface area contributed by atoms with E-state index in [0.29, 0.717) is 43.1 Å². The van der Waals surface area contributed by atoms with Crippen LogP contribution in [0.3, 0.4) is 0 Å². The van der Waals surface area contributed by atoms with E-state index < -0.39 is 12.1 Å². The van der Waals surface area contributed by atoms with Crippen molar-refractivity contribution in [3.05, 3.63) is 140 Å². The van der Waals surface area contributed by atoms with Gasteiger partial charge >= 0.3 is 0 Å². The average molecular weight is 940 g/mol. The van der Waals surface area contributed by atoms with Gasteiger partial charge in [-0.15, -0.1) is 24.8 Å². The van der Waals surface area contributed by atoms with E-state index in [1.54, 1.807) is 85.5 Å². The number of rotatable bonds is 14. The molecule has 0 aliphatic carbocycles. The second-order valence-corrected chi connectivity index (χ2v) is 15.5. The molecular formula is C42H46Cl6N8O4. The number of aliphatic hydroxyl groups excluding tert-OH is 2. The Bertz CT molecular complexity index is 2180. The number of aliphatic hydroxyl groups is 2. The van der Waals surface area contributed by atoms with Crippen molar-refractivity contribution in [2.45, 2.75) is 51.9 Å². The molecule has 6 rings (SSSR count). The lowest BCUT2D eigenvalue weighted by Crippen LogP contribution is -2.31. The van der Waals surface area contributed by atoms with Crippen LogP contribution in [0, 0.1) is 0 Å². The van der Waals surface area contributed by atoms with Crippen molar-refractivity contribution in [3.63, 3.8) is 0 Å². The van der Waals surface area contributed by atoms with Crippen molar-refractivity contribution in [1.29, 1.82) is 0 Å². The predicted octanol–water partition coefficient (Wildman–Crippen LogP) is 10.2. The van der Waals surface area contributed by atoms with E-state index in [0.717, 1.165) is 33.4 Å². The van der Waals surface area contributed by atoms with E-state index in [2.05, 4.69) is 41.2 Å². The molecule has 60 heavy (non-hydrogen) atoms. The first-order chi connectivity index (χ1) is 27.7. The number of H-pyrrole nitrogens is 2. The number of carbonyl (C=O) groups is 2. The highest BCUT2D eigenvalue weighted by molar-refractivity contribution is 6.33. The van der Waals surface area contributed by atoms with Gasteiger partial charge in [-0.3, -0.25) is 9.59 Å². The van der Waals surface area contributed by atoms with Gasteiger partial charge in [0.1, 0.15) is 23.0 Å². The molecule has 12 nitrogen and oxygen atoms in total. The average Bonchev–Trinajstić information content (AvgIpc) is 3.89. The fourth-order valence-corrected chi connectivity index (χ4v) is 6.64. The van der Waals surface area contributed by atoms with Gasteiger partial charge < -0.3 is 41.4 Å². The number of hydrogen-bond donors (Lipinski definition) is 8. The molecule has 0 aliphatic rings. The van der Waals surface area contributed by atoms with Crippen LogP contribution in [0.2, 0.25) is 20.1 Å². The molecule has 0 fully saturated rings. The summed E-state index contributed by atoms with van der Waals surface area (Å²) >= 11 is 24.6. The van der Waals surface area contributed by atoms with Crippen LogP contribution >= 0.6 is 71.2 Å². The summed E-state index contributed by atoms with van der Waals surface area (Å²) in [6.45, 7) is 7.58. The summed E-state index contributed by atoms with van der Waals surface area (Å²) in [5, 5.41) is 33.5. The van der Waals surface area contributed by atoms with Gasteiger partial charge in [-0.2, -0.15) is 0 Å². The van der Waals surface area contributed by atoms with Crippen molar-refractivity contribution in [3.8, 4) is 22.3 Å². The fraction of sp³-hybridized carbons (Fsp3) is 0.238. The van der Waals surface area contributed by atoms with Crippen LogP contribution in [0.25, 0.3) is 22.3 Å². The lowest BCUT2D eigenvalue weighted by Gasteiger charge is -2.16. The van der Waals surface area contributed by atoms with Crippen LogP contribution in [-0.2, 0) is 0 Å². The maximum atomic E-state index is 12.7. The van der Waals surface area contributed by atoms with E-state index >= 15 is 0 Å². The predicted molar refractivity (Wildman–Crippen MR) is 248 cm³/mol. The summed E-state index contributed by atoms with van der Waals surface area (Å²) in [7, 11) is 0. The molecule has 18 heteroatoms. The molecule has 4 aromatic heterocycles. The fourth-order valence-electron chi connectivity index (χ4n) is 5.82. The number of amides is 2. The SMILES string of the molecule is CC(C)Nc1cc(-c2c[nH]c(C(=O)N[C@H](CO)c3cccc(Cl)c3)c2)c(Cl)cn1.CC(C)Nc1cc(-c2c[nH]c(C(=O)N[C@H](CO)c3cccc(Cl)c3)c2)c(Cl)cn1.Cl.Cl. The maximum Gasteiger partial charge on any atom is 0.268 e. The number of carbonyl (C=O) groups excluding carboxylic acids is 2. The Hall–Kier alpha value is -4.50. The minimum absolute atomic E-state index is 0. The topological polar surface area (TPSA) is 180 Å². The van der Waals surface area contributed by atoms with Crippen LogP contribution in [-0.4, -0.2) is 67.3 Å². The number of benzene rings is 2. The lowest BCUT2D eigenvalue weighted by molar-refractivity contribution is 0.0905. The molecule has 0 aliphatic heterocycles. The van der Waals surface area contributed by atoms with Crippen molar-refractivity contribution < 1.29 is 19.8 Å². The molecule has 0 spiro atoms. The minimum Gasteiger partial charge on any atom is -0.394 e. The van der Waals surface area contributed by atoms with Gasteiger partial charge in [0, 0.05) is 69.2 Å². The largest absolute Gasteiger partial charge is 0.394 e. The Morgan fingerprint density at radius 1 is 0.617 bits per heavy atom. The molecule has 8 N–H and O–H groups in total. The number of nitrogens with one attached hydrogen (secondary N) is 6. The molecule has 2 atom stereocenters. The molecule has 0 unspecified atom stereocenters. The standard InChI is InChI=1S/2C21H22Cl2N4O2.2ClH/c2*1-12(2)26-20-8-16(17(23)10-25-20)14-7-18(24-9-14)21(29)27-19(11-28)13-4-3-5-15(22)6-13;;/h2*3-10,12,19,24,28H,11H2,1-2H3,(H,25,26)(H,27,29);2*1H/t2*19-;;/m11../s1. The zero-order valence-electron chi connectivity index (χ0n) is 32.9. The summed E-state index contributed by atoms with van der Waals surface area (Å²) in [6, 6.07) is 20.5. The number of halogens is 6. The van der Waals surface area contributed by atoms with Gasteiger partial charge in [0.05, 0.1) is 35.3 Å². The Labute approximate surface area is 381 Å². The van der Waals surface area contributed by atoms with Gasteiger partial charge in [-0.25, -0.2) is 9.97 Å². The van der Waals surface area contributed by atoms with Gasteiger partial charge in [0.25, 0.3) is 11.8 Å². The normalized spacial score (nSPS) is 11.7. The highest BCUT2D eigenvalue weighted by atomic mass is 35.5. The first kappa shape index (κ1) is 49.9. The molecule has 0 saturated heterocycles. The van der Waals surface area contributed by atoms with Crippen molar-refractivity contribution in [2.24, 2.45) is 0 Å². The number of pyridine rings is 2. The van der Waals surface area contributed by atoms with Crippen molar-refractivity contribution in [1.82, 2.24) is 30.6 Å². The van der Waals surface area contributed by atoms with Crippen LogP contribution < -0.4 is 21.3 Å². The highest BCUT2D eigenvalue weighted by Gasteiger charge is 2.20. The second kappa shape index (κ2) is 23.5. The highest BCUT2D eigenvalue weighted by Crippen LogP contribution is 2.32. The van der Waals surface area contributed by atoms with Crippen LogP contribution in [0.5, 0.6) is 0 Å². The Balaban J connectivity index is 0.000000310. The van der Waals surface area contributed by atoms with E-state index in [9.17, 15) is 19.8 Å².